The second-order valence-electron chi connectivity index (χ2n) is 12.8. The third-order valence-electron chi connectivity index (χ3n) is 7.91. The van der Waals surface area contributed by atoms with Gasteiger partial charge in [0.15, 0.2) is 113 Å². The molecule has 0 amide bonds. The summed E-state index contributed by atoms with van der Waals surface area (Å²) in [7, 11) is -16.8. The molecule has 0 aliphatic heterocycles. The van der Waals surface area contributed by atoms with Crippen molar-refractivity contribution in [3.05, 3.63) is 188 Å². The van der Waals surface area contributed by atoms with Crippen LogP contribution in [0.15, 0.2) is 80.2 Å². The van der Waals surface area contributed by atoms with Gasteiger partial charge in [-0.05, 0) is 11.1 Å². The molecule has 2 N–H and O–H groups in total. The molecule has 11 nitrogen and oxygen atoms in total. The molecule has 0 aromatic heterocycles. The molecule has 77 heavy (non-hydrogen) atoms. The van der Waals surface area contributed by atoms with Crippen molar-refractivity contribution in [2.75, 3.05) is 0 Å². The Balaban J connectivity index is 0.000000958. The van der Waals surface area contributed by atoms with E-state index in [1.807, 2.05) is 30.3 Å². The van der Waals surface area contributed by atoms with Crippen LogP contribution in [0.4, 0.5) is 87.8 Å². The number of halogens is 22. The summed E-state index contributed by atoms with van der Waals surface area (Å²) >= 11 is 5.53. The van der Waals surface area contributed by atoms with Gasteiger partial charge in [0.05, 0.1) is 6.61 Å². The standard InChI is InChI=1S/C13H7F5O3S.C7H7Cl.C6ClF5O2S.2C6HF5O3S.CH4.Ag/c14-8-9(15)11(17)13(12(18)10(8)16)22(19,20)21-6-7-4-2-1-3-5-7;8-6-7-4-2-1-3-5-7;7-15(13,14)6-4(11)2(9)1(8)3(10)5(6)12;2*7-1-2(8)4(10)6(15(12,13)14)5(11)3(1)9;;/h1-5H,6H2;1-5H,6H2;;2*(H,12,13,14);1H4;. The molecule has 0 bridgehead atoms. The van der Waals surface area contributed by atoms with Crippen molar-refractivity contribution in [2.24, 2.45) is 0 Å². The molecule has 0 fully saturated rings. The number of alkyl halides is 1. The van der Waals surface area contributed by atoms with Crippen molar-refractivity contribution in [3.8, 4) is 0 Å². The Labute approximate surface area is 444 Å². The van der Waals surface area contributed by atoms with Gasteiger partial charge in [0, 0.05) is 38.9 Å². The van der Waals surface area contributed by atoms with Crippen LogP contribution in [-0.4, -0.2) is 42.8 Å². The zero-order valence-corrected chi connectivity index (χ0v) is 41.3. The predicted octanol–water partition coefficient (Wildman–Crippen LogP) is 11.9. The van der Waals surface area contributed by atoms with Gasteiger partial charge in [-0.15, -0.1) is 11.6 Å². The first kappa shape index (κ1) is 71.9. The Hall–Kier alpha value is -5.08. The Kier molecular flexibility index (Phi) is 26.8. The van der Waals surface area contributed by atoms with Gasteiger partial charge in [-0.2, -0.15) is 25.3 Å². The van der Waals surface area contributed by atoms with Crippen LogP contribution >= 0.6 is 22.3 Å². The maximum absolute atomic E-state index is 13.4. The van der Waals surface area contributed by atoms with Crippen molar-refractivity contribution in [1.29, 1.82) is 0 Å². The summed E-state index contributed by atoms with van der Waals surface area (Å²) in [5.41, 5.74) is 1.50. The van der Waals surface area contributed by atoms with E-state index in [9.17, 15) is 121 Å². The van der Waals surface area contributed by atoms with Crippen LogP contribution in [-0.2, 0) is 78.5 Å². The first-order valence-electron chi connectivity index (χ1n) is 17.7. The van der Waals surface area contributed by atoms with E-state index in [2.05, 4.69) is 14.9 Å². The van der Waals surface area contributed by atoms with Crippen LogP contribution in [0.25, 0.3) is 0 Å². The minimum absolute atomic E-state index is 0. The summed E-state index contributed by atoms with van der Waals surface area (Å²) in [5, 5.41) is 0. The molecule has 38 heteroatoms. The molecular formula is C39H20AgCl2F20O11S4. The van der Waals surface area contributed by atoms with Crippen molar-refractivity contribution < 1.29 is 157 Å². The van der Waals surface area contributed by atoms with Crippen LogP contribution in [0.2, 0.25) is 0 Å². The maximum atomic E-state index is 13.4. The van der Waals surface area contributed by atoms with E-state index in [0.717, 1.165) is 0 Å². The molecule has 0 spiro atoms. The molecule has 0 aliphatic carbocycles. The monoisotopic (exact) mass is 1350 g/mol. The average Bonchev–Trinajstić information content (AvgIpc) is 3.33. The second-order valence-corrected chi connectivity index (χ2v) is 19.8. The minimum atomic E-state index is -5.52. The van der Waals surface area contributed by atoms with Gasteiger partial charge in [-0.25, -0.2) is 96.2 Å². The predicted molar refractivity (Wildman–Crippen MR) is 219 cm³/mol. The number of hydrogen-bond donors (Lipinski definition) is 2. The average molecular weight is 1350 g/mol. The van der Waals surface area contributed by atoms with Crippen LogP contribution in [0.5, 0.6) is 0 Å². The van der Waals surface area contributed by atoms with Crippen molar-refractivity contribution in [1.82, 2.24) is 0 Å². The summed E-state index contributed by atoms with van der Waals surface area (Å²) < 4.78 is 360. The molecular weight excluding hydrogens is 1330 g/mol. The minimum Gasteiger partial charge on any atom is -0.282 e. The van der Waals surface area contributed by atoms with Gasteiger partial charge < -0.3 is 0 Å². The molecule has 0 aliphatic rings. The molecule has 0 unspecified atom stereocenters. The fourth-order valence-corrected chi connectivity index (χ4v) is 8.05. The van der Waals surface area contributed by atoms with Gasteiger partial charge >= 0.3 is 30.4 Å². The fraction of sp³-hybridized carbons (Fsp3) is 0.0769. The summed E-state index contributed by atoms with van der Waals surface area (Å²) in [4.78, 5) is -8.60. The van der Waals surface area contributed by atoms with E-state index in [1.165, 1.54) is 17.7 Å². The zero-order valence-electron chi connectivity index (χ0n) is 35.0. The third kappa shape index (κ3) is 17.5. The van der Waals surface area contributed by atoms with Crippen LogP contribution in [0.1, 0.15) is 18.6 Å². The van der Waals surface area contributed by atoms with Crippen molar-refractivity contribution in [3.63, 3.8) is 0 Å². The van der Waals surface area contributed by atoms with Crippen molar-refractivity contribution in [2.45, 2.75) is 39.5 Å². The van der Waals surface area contributed by atoms with E-state index in [4.69, 9.17) is 20.7 Å². The first-order chi connectivity index (χ1) is 34.2. The van der Waals surface area contributed by atoms with E-state index in [0.29, 0.717) is 11.4 Å². The van der Waals surface area contributed by atoms with Gasteiger partial charge in [-0.3, -0.25) is 13.3 Å². The smallest absolute Gasteiger partial charge is 0.282 e. The molecule has 0 saturated carbocycles. The van der Waals surface area contributed by atoms with Crippen LogP contribution in [0.3, 0.4) is 0 Å². The summed E-state index contributed by atoms with van der Waals surface area (Å²) in [6.07, 6.45) is 0. The molecule has 0 atom stereocenters. The first-order valence-corrected chi connectivity index (χ1v) is 24.8. The Morgan fingerprint density at radius 1 is 0.351 bits per heavy atom. The fourth-order valence-electron chi connectivity index (χ4n) is 4.57. The van der Waals surface area contributed by atoms with E-state index in [-0.39, 0.29) is 29.8 Å². The van der Waals surface area contributed by atoms with Crippen LogP contribution < -0.4 is 0 Å². The SMILES string of the molecule is C.ClCc1ccccc1.O=S(=O)(Cl)c1c(F)c(F)c(F)c(F)c1F.O=S(=O)(O)c1c(F)c(F)c(F)c(F)c1F.O=S(=O)(O)c1c(F)c(F)c(F)c(F)c1F.O=S(=O)(OCc1ccccc1)c1c(F)c(F)c(F)c(F)c1F.[Ag]. The normalized spacial score (nSPS) is 11.2. The van der Waals surface area contributed by atoms with E-state index < -0.39 is 182 Å². The third-order valence-corrected chi connectivity index (χ3v) is 12.6. The van der Waals surface area contributed by atoms with Gasteiger partial charge in [0.1, 0.15) is 0 Å². The molecule has 6 aromatic rings. The largest absolute Gasteiger partial charge is 0.303 e. The molecule has 6 aromatic carbocycles. The van der Waals surface area contributed by atoms with E-state index >= 15 is 0 Å². The Morgan fingerprint density at radius 3 is 0.766 bits per heavy atom. The second kappa shape index (κ2) is 28.7. The van der Waals surface area contributed by atoms with Gasteiger partial charge in [0.2, 0.25) is 23.3 Å². The Bertz CT molecular complexity index is 3250. The topological polar surface area (TPSA) is 186 Å². The maximum Gasteiger partial charge on any atom is 0.303 e. The summed E-state index contributed by atoms with van der Waals surface area (Å²) in [6.45, 7) is -0.622. The molecule has 0 saturated heterocycles. The number of benzene rings is 6. The Morgan fingerprint density at radius 2 is 0.558 bits per heavy atom. The van der Waals surface area contributed by atoms with Gasteiger partial charge in [0.25, 0.3) is 9.05 Å². The van der Waals surface area contributed by atoms with E-state index in [1.54, 1.807) is 18.2 Å². The summed E-state index contributed by atoms with van der Waals surface area (Å²) in [5.74, 6) is -48.8. The number of rotatable bonds is 8. The molecule has 6 rings (SSSR count). The molecule has 0 heterocycles. The summed E-state index contributed by atoms with van der Waals surface area (Å²) in [6, 6.07) is 17.6. The van der Waals surface area contributed by atoms with Crippen molar-refractivity contribution >= 4 is 61.7 Å². The number of hydrogen-bond acceptors (Lipinski definition) is 9. The zero-order chi connectivity index (χ0) is 58.2. The quantitative estimate of drug-likeness (QED) is 0.0216. The molecule has 431 valence electrons. The van der Waals surface area contributed by atoms with Crippen LogP contribution in [0, 0.1) is 116 Å². The molecule has 1 radical (unpaired) electrons. The van der Waals surface area contributed by atoms with Gasteiger partial charge in [-0.1, -0.05) is 68.1 Å².